The van der Waals surface area contributed by atoms with Crippen molar-refractivity contribution >= 4 is 0 Å². The van der Waals surface area contributed by atoms with Crippen LogP contribution in [0.5, 0.6) is 0 Å². The molecule has 0 saturated heterocycles. The quantitative estimate of drug-likeness (QED) is 0.805. The first-order chi connectivity index (χ1) is 9.16. The second-order valence-corrected chi connectivity index (χ2v) is 5.84. The normalized spacial score (nSPS) is 12.7. The first-order valence-corrected chi connectivity index (χ1v) is 6.36. The number of rotatable bonds is 2. The number of nitrogens with zero attached hydrogens (tertiary/aromatic N) is 2. The van der Waals surface area contributed by atoms with Gasteiger partial charge in [-0.2, -0.15) is 18.3 Å². The smallest absolute Gasteiger partial charge is 0.268 e. The maximum absolute atomic E-state index is 12.4. The monoisotopic (exact) mass is 282 g/mol. The van der Waals surface area contributed by atoms with Gasteiger partial charge in [-0.15, -0.1) is 0 Å². The second kappa shape index (κ2) is 4.96. The minimum atomic E-state index is -4.39. The van der Waals surface area contributed by atoms with Crippen LogP contribution in [0.25, 0.3) is 0 Å². The first-order valence-electron chi connectivity index (χ1n) is 6.36. The van der Waals surface area contributed by atoms with Crippen LogP contribution in [-0.4, -0.2) is 9.78 Å². The minimum Gasteiger partial charge on any atom is -0.268 e. The Labute approximate surface area is 116 Å². The average Bonchev–Trinajstić information content (AvgIpc) is 2.77. The second-order valence-electron chi connectivity index (χ2n) is 5.84. The van der Waals surface area contributed by atoms with Crippen molar-refractivity contribution in [3.63, 3.8) is 0 Å². The van der Waals surface area contributed by atoms with E-state index in [2.05, 4.69) is 25.9 Å². The summed E-state index contributed by atoms with van der Waals surface area (Å²) in [6.07, 6.45) is -3.04. The number of hydrogen-bond donors (Lipinski definition) is 0. The van der Waals surface area contributed by atoms with Crippen molar-refractivity contribution in [2.75, 3.05) is 0 Å². The van der Waals surface area contributed by atoms with Gasteiger partial charge in [0.15, 0.2) is 5.69 Å². The Morgan fingerprint density at radius 3 is 2.05 bits per heavy atom. The third-order valence-corrected chi connectivity index (χ3v) is 3.10. The van der Waals surface area contributed by atoms with Crippen LogP contribution >= 0.6 is 0 Å². The molecule has 108 valence electrons. The van der Waals surface area contributed by atoms with Crippen molar-refractivity contribution in [3.05, 3.63) is 53.3 Å². The highest BCUT2D eigenvalue weighted by atomic mass is 19.4. The Balaban J connectivity index is 2.13. The summed E-state index contributed by atoms with van der Waals surface area (Å²) in [4.78, 5) is 0. The molecule has 2 rings (SSSR count). The molecule has 0 fully saturated rings. The molecule has 1 aromatic heterocycles. The van der Waals surface area contributed by atoms with Gasteiger partial charge in [0, 0.05) is 6.20 Å². The molecule has 0 N–H and O–H groups in total. The number of aromatic nitrogens is 2. The summed E-state index contributed by atoms with van der Waals surface area (Å²) in [6, 6.07) is 8.85. The molecule has 1 heterocycles. The predicted molar refractivity (Wildman–Crippen MR) is 71.5 cm³/mol. The van der Waals surface area contributed by atoms with Crippen molar-refractivity contribution in [2.45, 2.75) is 38.9 Å². The zero-order chi connectivity index (χ0) is 15.0. The fraction of sp³-hybridized carbons (Fsp3) is 0.400. The van der Waals surface area contributed by atoms with Crippen LogP contribution in [-0.2, 0) is 18.1 Å². The van der Waals surface area contributed by atoms with Gasteiger partial charge in [0.2, 0.25) is 0 Å². The zero-order valence-corrected chi connectivity index (χ0v) is 11.7. The van der Waals surface area contributed by atoms with Crippen LogP contribution in [0.4, 0.5) is 13.2 Å². The van der Waals surface area contributed by atoms with E-state index < -0.39 is 11.9 Å². The van der Waals surface area contributed by atoms with Crippen molar-refractivity contribution in [3.8, 4) is 0 Å². The lowest BCUT2D eigenvalue weighted by Gasteiger charge is -2.19. The summed E-state index contributed by atoms with van der Waals surface area (Å²) in [5.41, 5.74) is 1.32. The van der Waals surface area contributed by atoms with Crippen LogP contribution in [0.3, 0.4) is 0 Å². The Hall–Kier alpha value is -1.78. The molecule has 0 aliphatic heterocycles. The molecule has 0 amide bonds. The van der Waals surface area contributed by atoms with E-state index in [1.807, 2.05) is 24.3 Å². The van der Waals surface area contributed by atoms with Crippen LogP contribution < -0.4 is 0 Å². The fourth-order valence-corrected chi connectivity index (χ4v) is 1.90. The summed E-state index contributed by atoms with van der Waals surface area (Å²) >= 11 is 0. The third kappa shape index (κ3) is 3.40. The third-order valence-electron chi connectivity index (χ3n) is 3.10. The van der Waals surface area contributed by atoms with Crippen LogP contribution in [0.15, 0.2) is 36.5 Å². The largest absolute Gasteiger partial charge is 0.435 e. The summed E-state index contributed by atoms with van der Waals surface area (Å²) in [7, 11) is 0. The lowest BCUT2D eigenvalue weighted by molar-refractivity contribution is -0.141. The van der Waals surface area contributed by atoms with Gasteiger partial charge in [0.1, 0.15) is 0 Å². The van der Waals surface area contributed by atoms with E-state index in [-0.39, 0.29) is 5.41 Å². The molecular formula is C15H17F3N2. The molecule has 2 aromatic rings. The number of halogens is 3. The van der Waals surface area contributed by atoms with Crippen LogP contribution in [0.1, 0.15) is 37.6 Å². The number of benzene rings is 1. The fourth-order valence-electron chi connectivity index (χ4n) is 1.90. The maximum Gasteiger partial charge on any atom is 0.435 e. The molecule has 20 heavy (non-hydrogen) atoms. The van der Waals surface area contributed by atoms with Crippen molar-refractivity contribution in [2.24, 2.45) is 0 Å². The molecule has 0 unspecified atom stereocenters. The van der Waals surface area contributed by atoms with Crippen molar-refractivity contribution in [1.29, 1.82) is 0 Å². The van der Waals surface area contributed by atoms with Crippen molar-refractivity contribution < 1.29 is 13.2 Å². The average molecular weight is 282 g/mol. The first kappa shape index (κ1) is 14.6. The highest BCUT2D eigenvalue weighted by Crippen LogP contribution is 2.27. The SMILES string of the molecule is CC(C)(C)c1ccc(Cn2ccc(C(F)(F)F)n2)cc1. The Bertz CT molecular complexity index is 574. The highest BCUT2D eigenvalue weighted by Gasteiger charge is 2.33. The molecule has 0 aliphatic rings. The van der Waals surface area contributed by atoms with Gasteiger partial charge in [-0.1, -0.05) is 45.0 Å². The number of hydrogen-bond acceptors (Lipinski definition) is 1. The molecule has 1 aromatic carbocycles. The van der Waals surface area contributed by atoms with Gasteiger partial charge in [-0.3, -0.25) is 4.68 Å². The highest BCUT2D eigenvalue weighted by molar-refractivity contribution is 5.27. The van der Waals surface area contributed by atoms with Crippen molar-refractivity contribution in [1.82, 2.24) is 9.78 Å². The van der Waals surface area contributed by atoms with E-state index in [0.29, 0.717) is 6.54 Å². The Morgan fingerprint density at radius 1 is 1.00 bits per heavy atom. The molecule has 0 bridgehead atoms. The number of alkyl halides is 3. The van der Waals surface area contributed by atoms with Gasteiger partial charge in [-0.05, 0) is 22.6 Å². The van der Waals surface area contributed by atoms with E-state index in [0.717, 1.165) is 11.6 Å². The summed E-state index contributed by atoms with van der Waals surface area (Å²) < 4.78 is 38.6. The molecule has 0 spiro atoms. The standard InChI is InChI=1S/C15H17F3N2/c1-14(2,3)12-6-4-11(5-7-12)10-20-9-8-13(19-20)15(16,17)18/h4-9H,10H2,1-3H3. The van der Waals surface area contributed by atoms with Gasteiger partial charge in [0.05, 0.1) is 6.54 Å². The maximum atomic E-state index is 12.4. The minimum absolute atomic E-state index is 0.0632. The Morgan fingerprint density at radius 2 is 1.60 bits per heavy atom. The summed E-state index contributed by atoms with van der Waals surface area (Å²) in [6.45, 7) is 6.68. The summed E-state index contributed by atoms with van der Waals surface area (Å²) in [5, 5.41) is 3.54. The van der Waals surface area contributed by atoms with Gasteiger partial charge in [-0.25, -0.2) is 0 Å². The van der Waals surface area contributed by atoms with E-state index in [1.165, 1.54) is 16.4 Å². The van der Waals surface area contributed by atoms with Gasteiger partial charge >= 0.3 is 6.18 Å². The van der Waals surface area contributed by atoms with Gasteiger partial charge < -0.3 is 0 Å². The topological polar surface area (TPSA) is 17.8 Å². The Kier molecular flexibility index (Phi) is 3.63. The van der Waals surface area contributed by atoms with Crippen LogP contribution in [0.2, 0.25) is 0 Å². The summed E-state index contributed by atoms with van der Waals surface area (Å²) in [5.74, 6) is 0. The van der Waals surface area contributed by atoms with E-state index in [1.54, 1.807) is 0 Å². The molecule has 0 radical (unpaired) electrons. The molecule has 5 heteroatoms. The van der Waals surface area contributed by atoms with Gasteiger partial charge in [0.25, 0.3) is 0 Å². The van der Waals surface area contributed by atoms with E-state index >= 15 is 0 Å². The predicted octanol–water partition coefficient (Wildman–Crippen LogP) is 4.25. The van der Waals surface area contributed by atoms with Crippen LogP contribution in [0, 0.1) is 0 Å². The lowest BCUT2D eigenvalue weighted by Crippen LogP contribution is -2.11. The lowest BCUT2D eigenvalue weighted by atomic mass is 9.87. The molecule has 0 saturated carbocycles. The zero-order valence-electron chi connectivity index (χ0n) is 11.7. The molecule has 2 nitrogen and oxygen atoms in total. The van der Waals surface area contributed by atoms with E-state index in [4.69, 9.17) is 0 Å². The van der Waals surface area contributed by atoms with E-state index in [9.17, 15) is 13.2 Å². The molecule has 0 atom stereocenters. The molecule has 0 aliphatic carbocycles. The molecular weight excluding hydrogens is 265 g/mol.